The van der Waals surface area contributed by atoms with Crippen LogP contribution in [0.25, 0.3) is 0 Å². The number of rotatable bonds is 0. The van der Waals surface area contributed by atoms with Gasteiger partial charge in [0, 0.05) is 0 Å². The van der Waals surface area contributed by atoms with Gasteiger partial charge in [-0.2, -0.15) is 0 Å². The topological polar surface area (TPSA) is 0 Å². The molecule has 0 bridgehead atoms. The van der Waals surface area contributed by atoms with Gasteiger partial charge in [0.05, 0.1) is 0 Å². The molecular weight excluding hydrogens is 373 g/mol. The van der Waals surface area contributed by atoms with Crippen LogP contribution in [-0.4, -0.2) is 486 Å². The Morgan fingerprint density at radius 1 is 0.167 bits per heavy atom. The molecule has 12 heteroatoms. The molecule has 0 saturated heterocycles. The van der Waals surface area contributed by atoms with E-state index in [2.05, 4.69) is 0 Å². The van der Waals surface area contributed by atoms with Crippen molar-refractivity contribution in [1.82, 2.24) is 0 Å². The zero-order chi connectivity index (χ0) is 0. The average Bonchev–Trinajstić information content (AvgIpc) is 0. The van der Waals surface area contributed by atoms with Crippen molar-refractivity contribution in [2.75, 3.05) is 0 Å². The molecule has 0 amide bonds. The molecule has 0 fully saturated rings. The molecule has 0 aliphatic rings. The van der Waals surface area contributed by atoms with Gasteiger partial charge in [-0.05, 0) is 0 Å². The van der Waals surface area contributed by atoms with Gasteiger partial charge in [-0.25, -0.2) is 0 Å². The third kappa shape index (κ3) is 63.6. The summed E-state index contributed by atoms with van der Waals surface area (Å²) in [5, 5.41) is 0. The molecule has 0 aliphatic heterocycles. The Hall–Kier alpha value is 15.8. The predicted octanol–water partition coefficient (Wildman–Crippen LogP) is -7.78. The summed E-state index contributed by atoms with van der Waals surface area (Å²) in [5.74, 6) is 0. The van der Waals surface area contributed by atoms with Crippen molar-refractivity contribution >= 4 is 486 Å². The van der Waals surface area contributed by atoms with Crippen LogP contribution in [0.4, 0.5) is 0 Å². The Balaban J connectivity index is 0. The molecule has 0 aromatic rings. The minimum absolute atomic E-state index is 0. The van der Waals surface area contributed by atoms with Gasteiger partial charge in [-0.1, -0.05) is 0 Å². The summed E-state index contributed by atoms with van der Waals surface area (Å²) in [4.78, 5) is 0. The van der Waals surface area contributed by atoms with E-state index in [1.807, 2.05) is 0 Å². The molecule has 0 spiro atoms. The third-order valence-electron chi connectivity index (χ3n) is 0. The van der Waals surface area contributed by atoms with Crippen molar-refractivity contribution in [3.05, 3.63) is 0 Å². The van der Waals surface area contributed by atoms with Crippen molar-refractivity contribution in [1.29, 1.82) is 0 Å². The fourth-order valence-corrected chi connectivity index (χ4v) is 0. The first-order valence-electron chi connectivity index (χ1n) is 0. The SMILES string of the molecule is [KH].[KH].[KH].[KH].[KH].[KH].[NaH].[NaH].[NaH].[NaH].[NaH].[NaH]. The maximum absolute atomic E-state index is 0. The van der Waals surface area contributed by atoms with Crippen LogP contribution in [0.15, 0.2) is 0 Å². The van der Waals surface area contributed by atoms with E-state index in [0.29, 0.717) is 0 Å². The Bertz CT molecular complexity index is 12.0. The fourth-order valence-electron chi connectivity index (χ4n) is 0. The van der Waals surface area contributed by atoms with Crippen LogP contribution >= 0.6 is 0 Å². The van der Waals surface area contributed by atoms with Crippen molar-refractivity contribution in [2.24, 2.45) is 0 Å². The van der Waals surface area contributed by atoms with E-state index in [4.69, 9.17) is 0 Å². The second-order valence-electron chi connectivity index (χ2n) is 0. The van der Waals surface area contributed by atoms with Gasteiger partial charge in [-0.15, -0.1) is 0 Å². The van der Waals surface area contributed by atoms with Crippen LogP contribution in [0, 0.1) is 0 Å². The normalized spacial score (nSPS) is 0. The van der Waals surface area contributed by atoms with Gasteiger partial charge in [0.15, 0.2) is 0 Å². The molecule has 0 saturated carbocycles. The summed E-state index contributed by atoms with van der Waals surface area (Å²) in [6.07, 6.45) is 0. The second-order valence-corrected chi connectivity index (χ2v) is 0. The van der Waals surface area contributed by atoms with E-state index in [0.717, 1.165) is 0 Å². The predicted molar refractivity (Wildman–Crippen MR) is 85.8 cm³/mol. The van der Waals surface area contributed by atoms with Crippen LogP contribution in [0.5, 0.6) is 0 Å². The summed E-state index contributed by atoms with van der Waals surface area (Å²) in [6, 6.07) is 0. The summed E-state index contributed by atoms with van der Waals surface area (Å²) in [5.41, 5.74) is 0. The van der Waals surface area contributed by atoms with Crippen LogP contribution in [0.3, 0.4) is 0 Å². The molecule has 0 rings (SSSR count). The summed E-state index contributed by atoms with van der Waals surface area (Å²) >= 11 is 0. The van der Waals surface area contributed by atoms with Gasteiger partial charge >= 0.3 is 486 Å². The second kappa shape index (κ2) is 71.4. The van der Waals surface area contributed by atoms with Gasteiger partial charge < -0.3 is 0 Å². The van der Waals surface area contributed by atoms with Crippen molar-refractivity contribution in [3.63, 3.8) is 0 Å². The molecule has 0 heterocycles. The molecule has 0 nitrogen and oxygen atoms in total. The minimum atomic E-state index is 0. The fraction of sp³-hybridized carbons (Fsp3) is 0. The molecule has 0 aliphatic carbocycles. The molecule has 0 aromatic heterocycles. The van der Waals surface area contributed by atoms with Crippen molar-refractivity contribution in [3.8, 4) is 0 Å². The van der Waals surface area contributed by atoms with Crippen LogP contribution < -0.4 is 0 Å². The van der Waals surface area contributed by atoms with E-state index in [1.165, 1.54) is 0 Å². The van der Waals surface area contributed by atoms with E-state index in [1.54, 1.807) is 0 Å². The standard InChI is InChI=1S/6K.6Na.12H. The first kappa shape index (κ1) is 80.0. The van der Waals surface area contributed by atoms with Crippen molar-refractivity contribution in [2.45, 2.75) is 0 Å². The van der Waals surface area contributed by atoms with E-state index >= 15 is 0 Å². The number of hydrogen-bond acceptors (Lipinski definition) is 0. The van der Waals surface area contributed by atoms with Gasteiger partial charge in [0.2, 0.25) is 0 Å². The monoisotopic (exact) mass is 384 g/mol. The van der Waals surface area contributed by atoms with Crippen LogP contribution in [0.1, 0.15) is 0 Å². The molecule has 12 heavy (non-hydrogen) atoms. The summed E-state index contributed by atoms with van der Waals surface area (Å²) in [7, 11) is 0. The molecule has 0 unspecified atom stereocenters. The summed E-state index contributed by atoms with van der Waals surface area (Å²) in [6.45, 7) is 0. The summed E-state index contributed by atoms with van der Waals surface area (Å²) < 4.78 is 0. The third-order valence-corrected chi connectivity index (χ3v) is 0. The van der Waals surface area contributed by atoms with Gasteiger partial charge in [0.1, 0.15) is 0 Å². The quantitative estimate of drug-likeness (QED) is 0.364. The molecular formula is H12K6Na6. The first-order valence-corrected chi connectivity index (χ1v) is 0. The Morgan fingerprint density at radius 3 is 0.167 bits per heavy atom. The van der Waals surface area contributed by atoms with E-state index in [-0.39, 0.29) is 486 Å². The average molecular weight is 385 g/mol. The first-order chi connectivity index (χ1) is 0. The van der Waals surface area contributed by atoms with Crippen LogP contribution in [-0.2, 0) is 0 Å². The molecule has 0 aromatic carbocycles. The Labute approximate surface area is 465 Å². The Kier molecular flexibility index (Phi) is 476. The molecule has 0 atom stereocenters. The van der Waals surface area contributed by atoms with Gasteiger partial charge in [-0.3, -0.25) is 0 Å². The van der Waals surface area contributed by atoms with E-state index in [9.17, 15) is 0 Å². The van der Waals surface area contributed by atoms with Crippen molar-refractivity contribution < 1.29 is 0 Å². The maximum atomic E-state index is 0. The zero-order valence-corrected chi connectivity index (χ0v) is 0. The molecule has 24 valence electrons. The Morgan fingerprint density at radius 2 is 0.167 bits per heavy atom. The van der Waals surface area contributed by atoms with Gasteiger partial charge in [0.25, 0.3) is 0 Å². The van der Waals surface area contributed by atoms with Crippen LogP contribution in [0.2, 0.25) is 0 Å². The molecule has 0 radical (unpaired) electrons. The van der Waals surface area contributed by atoms with E-state index < -0.39 is 0 Å². The number of hydrogen-bond donors (Lipinski definition) is 0. The zero-order valence-electron chi connectivity index (χ0n) is 0. The molecule has 0 N–H and O–H groups in total.